The first-order chi connectivity index (χ1) is 13.1. The van der Waals surface area contributed by atoms with E-state index in [0.29, 0.717) is 11.8 Å². The topological polar surface area (TPSA) is 63.2 Å². The molecular formula is C20H40N6O. The maximum atomic E-state index is 11.6. The van der Waals surface area contributed by atoms with Crippen molar-refractivity contribution in [2.24, 2.45) is 10.9 Å². The molecule has 0 bridgehead atoms. The summed E-state index contributed by atoms with van der Waals surface area (Å²) in [7, 11) is 0. The van der Waals surface area contributed by atoms with Crippen LogP contribution in [-0.4, -0.2) is 98.6 Å². The molecule has 2 aliphatic heterocycles. The number of piperazine rings is 1. The molecule has 2 fully saturated rings. The maximum absolute atomic E-state index is 11.6. The number of amides is 1. The third-order valence-electron chi connectivity index (χ3n) is 5.46. The van der Waals surface area contributed by atoms with E-state index in [1.165, 1.54) is 26.2 Å². The van der Waals surface area contributed by atoms with Gasteiger partial charge in [-0.05, 0) is 32.2 Å². The standard InChI is InChI=1S/C20H40N6O/c1-4-21-20(22-9-7-11-26-10-6-8-19(26)27)23-16-18(3)17-25-14-12-24(5-2)13-15-25/h18H,4-17H2,1-3H3,(H2,21,22,23). The van der Waals surface area contributed by atoms with Gasteiger partial charge in [0.15, 0.2) is 5.96 Å². The van der Waals surface area contributed by atoms with Crippen molar-refractivity contribution in [3.63, 3.8) is 0 Å². The number of guanidine groups is 1. The smallest absolute Gasteiger partial charge is 0.222 e. The highest BCUT2D eigenvalue weighted by molar-refractivity contribution is 5.79. The number of rotatable bonds is 10. The first-order valence-corrected chi connectivity index (χ1v) is 10.9. The molecule has 0 aromatic rings. The number of carbonyl (C=O) groups excluding carboxylic acids is 1. The largest absolute Gasteiger partial charge is 0.357 e. The minimum Gasteiger partial charge on any atom is -0.357 e. The summed E-state index contributed by atoms with van der Waals surface area (Å²) >= 11 is 0. The van der Waals surface area contributed by atoms with E-state index in [2.05, 4.69) is 41.2 Å². The molecule has 2 rings (SSSR count). The lowest BCUT2D eigenvalue weighted by Gasteiger charge is -2.35. The second-order valence-corrected chi connectivity index (χ2v) is 7.82. The number of carbonyl (C=O) groups is 1. The minimum atomic E-state index is 0.309. The van der Waals surface area contributed by atoms with Crippen LogP contribution in [-0.2, 0) is 4.79 Å². The molecule has 1 amide bonds. The maximum Gasteiger partial charge on any atom is 0.222 e. The fourth-order valence-corrected chi connectivity index (χ4v) is 3.79. The average Bonchev–Trinajstić information content (AvgIpc) is 3.08. The molecule has 1 atom stereocenters. The van der Waals surface area contributed by atoms with Crippen LogP contribution in [0.25, 0.3) is 0 Å². The van der Waals surface area contributed by atoms with Gasteiger partial charge in [0, 0.05) is 71.9 Å². The van der Waals surface area contributed by atoms with Crippen molar-refractivity contribution in [2.75, 3.05) is 72.0 Å². The van der Waals surface area contributed by atoms with Crippen LogP contribution >= 0.6 is 0 Å². The van der Waals surface area contributed by atoms with Gasteiger partial charge in [0.05, 0.1) is 0 Å². The van der Waals surface area contributed by atoms with Crippen molar-refractivity contribution in [2.45, 2.75) is 40.0 Å². The van der Waals surface area contributed by atoms with Gasteiger partial charge in [0.1, 0.15) is 0 Å². The molecule has 0 radical (unpaired) electrons. The van der Waals surface area contributed by atoms with E-state index in [1.807, 2.05) is 4.90 Å². The van der Waals surface area contributed by atoms with Crippen LogP contribution in [0.3, 0.4) is 0 Å². The second kappa shape index (κ2) is 12.2. The fourth-order valence-electron chi connectivity index (χ4n) is 3.79. The number of likely N-dealkylation sites (tertiary alicyclic amines) is 1. The first kappa shape index (κ1) is 22.0. The zero-order chi connectivity index (χ0) is 19.5. The molecule has 2 N–H and O–H groups in total. The zero-order valence-corrected chi connectivity index (χ0v) is 17.7. The minimum absolute atomic E-state index is 0.309. The average molecular weight is 381 g/mol. The molecule has 7 nitrogen and oxygen atoms in total. The lowest BCUT2D eigenvalue weighted by Crippen LogP contribution is -2.47. The first-order valence-electron chi connectivity index (χ1n) is 10.9. The quantitative estimate of drug-likeness (QED) is 0.334. The molecule has 2 heterocycles. The van der Waals surface area contributed by atoms with E-state index in [9.17, 15) is 4.79 Å². The van der Waals surface area contributed by atoms with Gasteiger partial charge < -0.3 is 25.3 Å². The Labute approximate surface area is 165 Å². The Hall–Kier alpha value is -1.34. The summed E-state index contributed by atoms with van der Waals surface area (Å²) in [5, 5.41) is 6.74. The third kappa shape index (κ3) is 8.05. The number of nitrogens with zero attached hydrogens (tertiary/aromatic N) is 4. The monoisotopic (exact) mass is 380 g/mol. The molecule has 0 spiro atoms. The van der Waals surface area contributed by atoms with Crippen LogP contribution in [0.1, 0.15) is 40.0 Å². The summed E-state index contributed by atoms with van der Waals surface area (Å²) in [6, 6.07) is 0. The Morgan fingerprint density at radius 2 is 1.85 bits per heavy atom. The van der Waals surface area contributed by atoms with Gasteiger partial charge in [-0.2, -0.15) is 0 Å². The van der Waals surface area contributed by atoms with Gasteiger partial charge >= 0.3 is 0 Å². The molecule has 2 aliphatic rings. The Morgan fingerprint density at radius 3 is 2.48 bits per heavy atom. The summed E-state index contributed by atoms with van der Waals surface area (Å²) in [6.45, 7) is 18.0. The normalized spacial score (nSPS) is 20.9. The Bertz CT molecular complexity index is 461. The predicted molar refractivity (Wildman–Crippen MR) is 112 cm³/mol. The number of aliphatic imine (C=N–C) groups is 1. The molecule has 7 heteroatoms. The lowest BCUT2D eigenvalue weighted by molar-refractivity contribution is -0.127. The fraction of sp³-hybridized carbons (Fsp3) is 0.900. The van der Waals surface area contributed by atoms with Crippen molar-refractivity contribution in [1.29, 1.82) is 0 Å². The Balaban J connectivity index is 1.65. The van der Waals surface area contributed by atoms with Gasteiger partial charge in [-0.1, -0.05) is 13.8 Å². The van der Waals surface area contributed by atoms with Gasteiger partial charge in [-0.3, -0.25) is 9.79 Å². The van der Waals surface area contributed by atoms with Crippen molar-refractivity contribution < 1.29 is 4.79 Å². The second-order valence-electron chi connectivity index (χ2n) is 7.82. The van der Waals surface area contributed by atoms with E-state index in [4.69, 9.17) is 4.99 Å². The summed E-state index contributed by atoms with van der Waals surface area (Å²) in [5.41, 5.74) is 0. The number of nitrogens with one attached hydrogen (secondary N) is 2. The van der Waals surface area contributed by atoms with Gasteiger partial charge in [0.2, 0.25) is 5.91 Å². The molecular weight excluding hydrogens is 340 g/mol. The van der Waals surface area contributed by atoms with Crippen molar-refractivity contribution in [1.82, 2.24) is 25.3 Å². The molecule has 0 aromatic carbocycles. The van der Waals surface area contributed by atoms with Crippen LogP contribution in [0.15, 0.2) is 4.99 Å². The summed E-state index contributed by atoms with van der Waals surface area (Å²) in [6.07, 6.45) is 2.71. The Kier molecular flexibility index (Phi) is 9.91. The summed E-state index contributed by atoms with van der Waals surface area (Å²) in [4.78, 5) is 23.5. The summed E-state index contributed by atoms with van der Waals surface area (Å²) in [5.74, 6) is 1.76. The zero-order valence-electron chi connectivity index (χ0n) is 17.7. The van der Waals surface area contributed by atoms with Crippen LogP contribution in [0.4, 0.5) is 0 Å². The Morgan fingerprint density at radius 1 is 1.11 bits per heavy atom. The number of likely N-dealkylation sites (N-methyl/N-ethyl adjacent to an activating group) is 1. The van der Waals surface area contributed by atoms with E-state index in [-0.39, 0.29) is 0 Å². The highest BCUT2D eigenvalue weighted by Crippen LogP contribution is 2.09. The van der Waals surface area contributed by atoms with Crippen molar-refractivity contribution >= 4 is 11.9 Å². The van der Waals surface area contributed by atoms with Crippen molar-refractivity contribution in [3.05, 3.63) is 0 Å². The van der Waals surface area contributed by atoms with Gasteiger partial charge in [0.25, 0.3) is 0 Å². The molecule has 1 unspecified atom stereocenters. The molecule has 0 aliphatic carbocycles. The number of hydrogen-bond donors (Lipinski definition) is 2. The third-order valence-corrected chi connectivity index (χ3v) is 5.46. The van der Waals surface area contributed by atoms with E-state index >= 15 is 0 Å². The van der Waals surface area contributed by atoms with Crippen LogP contribution in [0.5, 0.6) is 0 Å². The predicted octanol–water partition coefficient (Wildman–Crippen LogP) is 0.828. The molecule has 0 aromatic heterocycles. The molecule has 2 saturated heterocycles. The van der Waals surface area contributed by atoms with E-state index in [0.717, 1.165) is 71.0 Å². The van der Waals surface area contributed by atoms with Crippen LogP contribution < -0.4 is 10.6 Å². The highest BCUT2D eigenvalue weighted by atomic mass is 16.2. The van der Waals surface area contributed by atoms with E-state index < -0.39 is 0 Å². The summed E-state index contributed by atoms with van der Waals surface area (Å²) < 4.78 is 0. The molecule has 27 heavy (non-hydrogen) atoms. The highest BCUT2D eigenvalue weighted by Gasteiger charge is 2.19. The number of hydrogen-bond acceptors (Lipinski definition) is 4. The SMILES string of the molecule is CCNC(=NCC(C)CN1CCN(CC)CC1)NCCCN1CCCC1=O. The van der Waals surface area contributed by atoms with Gasteiger partial charge in [-0.25, -0.2) is 0 Å². The van der Waals surface area contributed by atoms with Crippen LogP contribution in [0.2, 0.25) is 0 Å². The molecule has 156 valence electrons. The van der Waals surface area contributed by atoms with Gasteiger partial charge in [-0.15, -0.1) is 0 Å². The van der Waals surface area contributed by atoms with Crippen molar-refractivity contribution in [3.8, 4) is 0 Å². The molecule has 0 saturated carbocycles. The van der Waals surface area contributed by atoms with Crippen LogP contribution in [0, 0.1) is 5.92 Å². The van der Waals surface area contributed by atoms with E-state index in [1.54, 1.807) is 0 Å². The lowest BCUT2D eigenvalue weighted by atomic mass is 10.1.